The number of hydrogen-bond acceptors (Lipinski definition) is 5. The Labute approximate surface area is 174 Å². The van der Waals surface area contributed by atoms with Crippen LogP contribution in [0.2, 0.25) is 0 Å². The standard InChI is InChI=1S/C23H34N4O2/c1-15(2)26-10-7-17(8-11-26)25-18-5-6-21-19(13-18)22(20-14-29-12-9-24-20)23(28)27(21)16(3)4/h5-6,13,15-17,24-25H,7-12,14H2,1-4H3/b22-20-. The third kappa shape index (κ3) is 4.01. The van der Waals surface area contributed by atoms with E-state index in [0.717, 1.165) is 60.7 Å². The van der Waals surface area contributed by atoms with Crippen molar-refractivity contribution in [1.82, 2.24) is 10.2 Å². The van der Waals surface area contributed by atoms with Crippen molar-refractivity contribution in [3.63, 3.8) is 0 Å². The van der Waals surface area contributed by atoms with Crippen LogP contribution in [0.1, 0.15) is 46.1 Å². The van der Waals surface area contributed by atoms with Crippen molar-refractivity contribution in [2.75, 3.05) is 43.1 Å². The van der Waals surface area contributed by atoms with Crippen LogP contribution in [0.15, 0.2) is 23.9 Å². The van der Waals surface area contributed by atoms with E-state index >= 15 is 0 Å². The van der Waals surface area contributed by atoms with Crippen LogP contribution < -0.4 is 15.5 Å². The molecule has 2 fully saturated rings. The number of amides is 1. The molecule has 0 saturated carbocycles. The fraction of sp³-hybridized carbons (Fsp3) is 0.609. The van der Waals surface area contributed by atoms with E-state index in [1.54, 1.807) is 0 Å². The number of nitrogens with zero attached hydrogens (tertiary/aromatic N) is 2. The molecular formula is C23H34N4O2. The predicted octanol–water partition coefficient (Wildman–Crippen LogP) is 3.06. The molecule has 2 saturated heterocycles. The molecule has 6 nitrogen and oxygen atoms in total. The molecule has 0 atom stereocenters. The summed E-state index contributed by atoms with van der Waals surface area (Å²) in [5.41, 5.74) is 4.79. The van der Waals surface area contributed by atoms with Crippen LogP contribution in [0.25, 0.3) is 5.57 Å². The second-order valence-electron chi connectivity index (χ2n) is 8.88. The minimum atomic E-state index is 0.0744. The normalized spacial score (nSPS) is 23.7. The van der Waals surface area contributed by atoms with Crippen molar-refractivity contribution >= 4 is 22.9 Å². The lowest BCUT2D eigenvalue weighted by Crippen LogP contribution is -2.42. The average molecular weight is 399 g/mol. The Balaban J connectivity index is 1.59. The Kier molecular flexibility index (Phi) is 5.83. The molecule has 0 aliphatic carbocycles. The number of morpholine rings is 1. The van der Waals surface area contributed by atoms with Gasteiger partial charge in [0.15, 0.2) is 0 Å². The third-order valence-electron chi connectivity index (χ3n) is 6.24. The van der Waals surface area contributed by atoms with Crippen LogP contribution in [0.4, 0.5) is 11.4 Å². The van der Waals surface area contributed by atoms with Crippen LogP contribution in [0.3, 0.4) is 0 Å². The maximum Gasteiger partial charge on any atom is 0.261 e. The van der Waals surface area contributed by atoms with Crippen molar-refractivity contribution < 1.29 is 9.53 Å². The quantitative estimate of drug-likeness (QED) is 0.764. The van der Waals surface area contributed by atoms with Crippen molar-refractivity contribution in [1.29, 1.82) is 0 Å². The van der Waals surface area contributed by atoms with Crippen LogP contribution >= 0.6 is 0 Å². The highest BCUT2D eigenvalue weighted by molar-refractivity contribution is 6.33. The van der Waals surface area contributed by atoms with Crippen molar-refractivity contribution in [3.05, 3.63) is 29.5 Å². The first-order chi connectivity index (χ1) is 14.0. The number of benzene rings is 1. The molecule has 0 aromatic heterocycles. The first kappa shape index (κ1) is 20.2. The van der Waals surface area contributed by atoms with Gasteiger partial charge in [0.05, 0.1) is 30.2 Å². The molecule has 3 aliphatic heterocycles. The van der Waals surface area contributed by atoms with Gasteiger partial charge in [0.25, 0.3) is 5.91 Å². The maximum absolute atomic E-state index is 13.3. The second kappa shape index (κ2) is 8.36. The van der Waals surface area contributed by atoms with Gasteiger partial charge in [-0.3, -0.25) is 4.79 Å². The predicted molar refractivity (Wildman–Crippen MR) is 118 cm³/mol. The van der Waals surface area contributed by atoms with Crippen molar-refractivity contribution in [3.8, 4) is 0 Å². The van der Waals surface area contributed by atoms with Gasteiger partial charge < -0.3 is 25.2 Å². The van der Waals surface area contributed by atoms with E-state index < -0.39 is 0 Å². The van der Waals surface area contributed by atoms with Gasteiger partial charge in [-0.05, 0) is 58.7 Å². The summed E-state index contributed by atoms with van der Waals surface area (Å²) in [5.74, 6) is 0.0744. The number of carbonyl (C=O) groups is 1. The van der Waals surface area contributed by atoms with Crippen molar-refractivity contribution in [2.45, 2.75) is 58.7 Å². The van der Waals surface area contributed by atoms with Crippen LogP contribution in [-0.2, 0) is 9.53 Å². The Hall–Kier alpha value is -2.05. The van der Waals surface area contributed by atoms with Crippen molar-refractivity contribution in [2.24, 2.45) is 0 Å². The van der Waals surface area contributed by atoms with Gasteiger partial charge in [0.1, 0.15) is 0 Å². The molecule has 0 radical (unpaired) electrons. The first-order valence-electron chi connectivity index (χ1n) is 11.0. The summed E-state index contributed by atoms with van der Waals surface area (Å²) in [4.78, 5) is 17.7. The molecule has 3 heterocycles. The number of piperidine rings is 1. The van der Waals surface area contributed by atoms with Crippen LogP contribution in [0.5, 0.6) is 0 Å². The summed E-state index contributed by atoms with van der Waals surface area (Å²) in [6.45, 7) is 12.8. The molecule has 1 aromatic rings. The SMILES string of the molecule is CC(C)N1CCC(Nc2ccc3c(c2)/C(=C2\COCCN2)C(=O)N3C(C)C)CC1. The highest BCUT2D eigenvalue weighted by Gasteiger charge is 2.37. The van der Waals surface area contributed by atoms with E-state index in [-0.39, 0.29) is 11.9 Å². The number of rotatable bonds is 4. The molecule has 4 rings (SSSR count). The molecule has 3 aliphatic rings. The summed E-state index contributed by atoms with van der Waals surface area (Å²) in [5, 5.41) is 7.11. The number of likely N-dealkylation sites (tertiary alicyclic amines) is 1. The van der Waals surface area contributed by atoms with E-state index in [1.165, 1.54) is 0 Å². The molecule has 0 bridgehead atoms. The zero-order valence-corrected chi connectivity index (χ0v) is 18.1. The molecule has 6 heteroatoms. The monoisotopic (exact) mass is 398 g/mol. The Morgan fingerprint density at radius 3 is 2.52 bits per heavy atom. The summed E-state index contributed by atoms with van der Waals surface area (Å²) in [6, 6.07) is 7.58. The smallest absolute Gasteiger partial charge is 0.261 e. The van der Waals surface area contributed by atoms with E-state index in [4.69, 9.17) is 4.74 Å². The summed E-state index contributed by atoms with van der Waals surface area (Å²) < 4.78 is 5.62. The second-order valence-corrected chi connectivity index (χ2v) is 8.88. The van der Waals surface area contributed by atoms with Gasteiger partial charge in [0, 0.05) is 49.0 Å². The topological polar surface area (TPSA) is 56.8 Å². The number of nitrogens with one attached hydrogen (secondary N) is 2. The highest BCUT2D eigenvalue weighted by atomic mass is 16.5. The van der Waals surface area contributed by atoms with Crippen LogP contribution in [-0.4, -0.2) is 61.8 Å². The minimum Gasteiger partial charge on any atom is -0.383 e. The Morgan fingerprint density at radius 1 is 1.14 bits per heavy atom. The molecule has 2 N–H and O–H groups in total. The molecule has 158 valence electrons. The molecule has 1 amide bonds. The fourth-order valence-electron chi connectivity index (χ4n) is 4.64. The summed E-state index contributed by atoms with van der Waals surface area (Å²) in [6.07, 6.45) is 2.30. The van der Waals surface area contributed by atoms with E-state index in [1.807, 2.05) is 4.90 Å². The number of hydrogen-bond donors (Lipinski definition) is 2. The van der Waals surface area contributed by atoms with Gasteiger partial charge in [-0.25, -0.2) is 0 Å². The number of ether oxygens (including phenoxy) is 1. The van der Waals surface area contributed by atoms with E-state index in [9.17, 15) is 4.79 Å². The Morgan fingerprint density at radius 2 is 1.90 bits per heavy atom. The molecule has 29 heavy (non-hydrogen) atoms. The molecule has 1 aromatic carbocycles. The molecule has 0 unspecified atom stereocenters. The highest BCUT2D eigenvalue weighted by Crippen LogP contribution is 2.41. The number of anilines is 2. The minimum absolute atomic E-state index is 0.0744. The van der Waals surface area contributed by atoms with E-state index in [0.29, 0.717) is 25.3 Å². The van der Waals surface area contributed by atoms with Gasteiger partial charge >= 0.3 is 0 Å². The van der Waals surface area contributed by atoms with E-state index in [2.05, 4.69) is 61.4 Å². The lowest BCUT2D eigenvalue weighted by atomic mass is 10.0. The summed E-state index contributed by atoms with van der Waals surface area (Å²) in [7, 11) is 0. The van der Waals surface area contributed by atoms with Crippen LogP contribution in [0, 0.1) is 0 Å². The fourth-order valence-corrected chi connectivity index (χ4v) is 4.64. The number of fused-ring (bicyclic) bond motifs is 1. The first-order valence-corrected chi connectivity index (χ1v) is 11.0. The summed E-state index contributed by atoms with van der Waals surface area (Å²) >= 11 is 0. The van der Waals surface area contributed by atoms with Gasteiger partial charge in [0.2, 0.25) is 0 Å². The van der Waals surface area contributed by atoms with Gasteiger partial charge in [-0.1, -0.05) is 0 Å². The molecule has 0 spiro atoms. The van der Waals surface area contributed by atoms with Gasteiger partial charge in [-0.15, -0.1) is 0 Å². The zero-order chi connectivity index (χ0) is 20.5. The number of carbonyl (C=O) groups excluding carboxylic acids is 1. The Bertz CT molecular complexity index is 786. The maximum atomic E-state index is 13.3. The molecular weight excluding hydrogens is 364 g/mol. The lowest BCUT2D eigenvalue weighted by molar-refractivity contribution is -0.113. The largest absolute Gasteiger partial charge is 0.383 e. The lowest BCUT2D eigenvalue weighted by Gasteiger charge is -2.35. The third-order valence-corrected chi connectivity index (χ3v) is 6.24. The van der Waals surface area contributed by atoms with Gasteiger partial charge in [-0.2, -0.15) is 0 Å². The average Bonchev–Trinajstić information content (AvgIpc) is 3.00. The zero-order valence-electron chi connectivity index (χ0n) is 18.1.